The third-order valence-corrected chi connectivity index (χ3v) is 11.3. The van der Waals surface area contributed by atoms with Gasteiger partial charge in [0.25, 0.3) is 0 Å². The fourth-order valence-corrected chi connectivity index (χ4v) is 9.08. The second-order valence-corrected chi connectivity index (χ2v) is 14.0. The highest BCUT2D eigenvalue weighted by atomic mass is 16.3. The van der Waals surface area contributed by atoms with E-state index >= 15 is 0 Å². The summed E-state index contributed by atoms with van der Waals surface area (Å²) in [4.78, 5) is 0. The maximum atomic E-state index is 7.01. The minimum Gasteiger partial charge on any atom is -0.455 e. The number of fused-ring (bicyclic) bond motifs is 9. The first-order valence-corrected chi connectivity index (χ1v) is 17.7. The molecule has 0 amide bonds. The molecule has 12 aromatic rings. The third-order valence-electron chi connectivity index (χ3n) is 11.3. The topological polar surface area (TPSA) is 13.1 Å². The Kier molecular flexibility index (Phi) is 5.29. The molecular weight excluding hydrogens is 617 g/mol. The quantitative estimate of drug-likeness (QED) is 0.135. The molecule has 1 heterocycles. The lowest BCUT2D eigenvalue weighted by atomic mass is 9.85. The Morgan fingerprint density at radius 2 is 0.882 bits per heavy atom. The molecule has 0 unspecified atom stereocenters. The van der Waals surface area contributed by atoms with Gasteiger partial charge in [-0.3, -0.25) is 0 Å². The van der Waals surface area contributed by atoms with Crippen molar-refractivity contribution in [3.63, 3.8) is 0 Å². The highest BCUT2D eigenvalue weighted by Crippen LogP contribution is 2.48. The van der Waals surface area contributed by atoms with E-state index in [1.807, 2.05) is 0 Å². The predicted molar refractivity (Wildman–Crippen MR) is 218 cm³/mol. The molecule has 0 saturated heterocycles. The van der Waals surface area contributed by atoms with Crippen molar-refractivity contribution in [2.75, 3.05) is 0 Å². The van der Waals surface area contributed by atoms with E-state index in [1.165, 1.54) is 86.7 Å². The van der Waals surface area contributed by atoms with Gasteiger partial charge in [-0.05, 0) is 117 Å². The van der Waals surface area contributed by atoms with Gasteiger partial charge in [-0.25, -0.2) is 0 Å². The number of rotatable bonds is 2. The molecule has 0 aliphatic heterocycles. The maximum absolute atomic E-state index is 7.01. The average molecular weight is 645 g/mol. The van der Waals surface area contributed by atoms with Crippen LogP contribution in [-0.4, -0.2) is 0 Å². The molecule has 12 rings (SSSR count). The second kappa shape index (κ2) is 9.94. The molecule has 1 nitrogen and oxygen atoms in total. The van der Waals surface area contributed by atoms with E-state index in [0.717, 1.165) is 32.9 Å². The lowest BCUT2D eigenvalue weighted by Crippen LogP contribution is -1.91. The highest BCUT2D eigenvalue weighted by Gasteiger charge is 2.22. The number of furan rings is 1. The number of benzene rings is 11. The SMILES string of the molecule is c1ccc2c(-c3cc(-c4ccc5ccc6cccc7ccc4c5c67)cc4oc5c6ccccc6ccc5c34)c3ccc4ccccc4c3cc2c1. The van der Waals surface area contributed by atoms with Crippen LogP contribution in [0.15, 0.2) is 174 Å². The van der Waals surface area contributed by atoms with Crippen LogP contribution in [-0.2, 0) is 0 Å². The minimum atomic E-state index is 0.904. The standard InChI is InChI=1S/C50H28O/c1-4-13-36-29(8-1)18-23-41-43(36)26-34-10-3-5-14-38(34)48(41)44-27-35(28-45-49(44)42-25-19-30-9-2-6-15-39(30)50(42)51-45)37-22-20-33-17-16-31-11-7-12-32-21-24-40(37)47(33)46(31)32/h1-28H. The Balaban J connectivity index is 1.28. The van der Waals surface area contributed by atoms with Crippen molar-refractivity contribution < 1.29 is 4.42 Å². The van der Waals surface area contributed by atoms with E-state index in [0.29, 0.717) is 0 Å². The van der Waals surface area contributed by atoms with Crippen LogP contribution in [0.1, 0.15) is 0 Å². The van der Waals surface area contributed by atoms with Crippen molar-refractivity contribution in [1.29, 1.82) is 0 Å². The van der Waals surface area contributed by atoms with Crippen LogP contribution in [0, 0.1) is 0 Å². The molecule has 0 fully saturated rings. The molecule has 0 radical (unpaired) electrons. The van der Waals surface area contributed by atoms with Gasteiger partial charge >= 0.3 is 0 Å². The third kappa shape index (κ3) is 3.70. The van der Waals surface area contributed by atoms with Gasteiger partial charge in [0.2, 0.25) is 0 Å². The molecule has 51 heavy (non-hydrogen) atoms. The Bertz CT molecular complexity index is 3400. The van der Waals surface area contributed by atoms with Crippen molar-refractivity contribution >= 4 is 97.3 Å². The molecule has 0 spiro atoms. The molecule has 0 saturated carbocycles. The molecule has 0 atom stereocenters. The summed E-state index contributed by atoms with van der Waals surface area (Å²) in [5.41, 5.74) is 6.65. The minimum absolute atomic E-state index is 0.904. The first-order valence-electron chi connectivity index (χ1n) is 17.7. The Morgan fingerprint density at radius 1 is 0.294 bits per heavy atom. The predicted octanol–water partition coefficient (Wildman–Crippen LogP) is 14.4. The van der Waals surface area contributed by atoms with Gasteiger partial charge in [0.15, 0.2) is 0 Å². The molecule has 0 aliphatic carbocycles. The largest absolute Gasteiger partial charge is 0.455 e. The van der Waals surface area contributed by atoms with Crippen LogP contribution < -0.4 is 0 Å². The summed E-state index contributed by atoms with van der Waals surface area (Å²) in [7, 11) is 0. The smallest absolute Gasteiger partial charge is 0.143 e. The summed E-state index contributed by atoms with van der Waals surface area (Å²) in [6, 6.07) is 62.7. The zero-order chi connectivity index (χ0) is 33.2. The van der Waals surface area contributed by atoms with Gasteiger partial charge < -0.3 is 4.42 Å². The van der Waals surface area contributed by atoms with Gasteiger partial charge in [-0.15, -0.1) is 0 Å². The van der Waals surface area contributed by atoms with Gasteiger partial charge in [0.1, 0.15) is 11.2 Å². The summed E-state index contributed by atoms with van der Waals surface area (Å²) in [6.45, 7) is 0. The monoisotopic (exact) mass is 644 g/mol. The van der Waals surface area contributed by atoms with Crippen molar-refractivity contribution in [3.05, 3.63) is 170 Å². The normalized spacial score (nSPS) is 12.3. The summed E-state index contributed by atoms with van der Waals surface area (Å²) in [6.07, 6.45) is 0. The zero-order valence-electron chi connectivity index (χ0n) is 27.6. The van der Waals surface area contributed by atoms with Crippen LogP contribution in [0.4, 0.5) is 0 Å². The second-order valence-electron chi connectivity index (χ2n) is 14.0. The molecule has 0 aliphatic rings. The highest BCUT2D eigenvalue weighted by molar-refractivity contribution is 6.28. The van der Waals surface area contributed by atoms with E-state index in [2.05, 4.69) is 170 Å². The van der Waals surface area contributed by atoms with Gasteiger partial charge in [0, 0.05) is 16.2 Å². The van der Waals surface area contributed by atoms with Gasteiger partial charge in [0.05, 0.1) is 0 Å². The van der Waals surface area contributed by atoms with Gasteiger partial charge in [-0.1, -0.05) is 146 Å². The Hall–Kier alpha value is -6.70. The van der Waals surface area contributed by atoms with Crippen LogP contribution in [0.5, 0.6) is 0 Å². The molecular formula is C50H28O. The van der Waals surface area contributed by atoms with Crippen molar-refractivity contribution in [2.24, 2.45) is 0 Å². The fraction of sp³-hybridized carbons (Fsp3) is 0. The molecule has 11 aromatic carbocycles. The number of hydrogen-bond acceptors (Lipinski definition) is 1. The van der Waals surface area contributed by atoms with Crippen LogP contribution in [0.2, 0.25) is 0 Å². The van der Waals surface area contributed by atoms with E-state index in [4.69, 9.17) is 4.42 Å². The van der Waals surface area contributed by atoms with Crippen LogP contribution >= 0.6 is 0 Å². The Morgan fingerprint density at radius 3 is 1.71 bits per heavy atom. The first kappa shape index (κ1) is 27.2. The van der Waals surface area contributed by atoms with E-state index in [9.17, 15) is 0 Å². The molecule has 1 heteroatoms. The molecule has 234 valence electrons. The fourth-order valence-electron chi connectivity index (χ4n) is 9.08. The molecule has 0 bridgehead atoms. The van der Waals surface area contributed by atoms with E-state index in [1.54, 1.807) is 0 Å². The summed E-state index contributed by atoms with van der Waals surface area (Å²) >= 11 is 0. The average Bonchev–Trinajstić information content (AvgIpc) is 3.58. The molecule has 0 N–H and O–H groups in total. The van der Waals surface area contributed by atoms with Crippen LogP contribution in [0.3, 0.4) is 0 Å². The van der Waals surface area contributed by atoms with Crippen molar-refractivity contribution in [2.45, 2.75) is 0 Å². The molecule has 1 aromatic heterocycles. The summed E-state index contributed by atoms with van der Waals surface area (Å²) in [5, 5.41) is 19.8. The summed E-state index contributed by atoms with van der Waals surface area (Å²) < 4.78 is 7.01. The maximum Gasteiger partial charge on any atom is 0.143 e. The van der Waals surface area contributed by atoms with Gasteiger partial charge in [-0.2, -0.15) is 0 Å². The van der Waals surface area contributed by atoms with E-state index < -0.39 is 0 Å². The van der Waals surface area contributed by atoms with Crippen LogP contribution in [0.25, 0.3) is 120 Å². The zero-order valence-corrected chi connectivity index (χ0v) is 27.6. The van der Waals surface area contributed by atoms with E-state index in [-0.39, 0.29) is 0 Å². The Labute approximate surface area is 292 Å². The van der Waals surface area contributed by atoms with Crippen molar-refractivity contribution in [3.8, 4) is 22.3 Å². The summed E-state index contributed by atoms with van der Waals surface area (Å²) in [5.74, 6) is 0. The number of hydrogen-bond donors (Lipinski definition) is 0. The lowest BCUT2D eigenvalue weighted by molar-refractivity contribution is 0.673. The van der Waals surface area contributed by atoms with Crippen molar-refractivity contribution in [1.82, 2.24) is 0 Å². The first-order chi connectivity index (χ1) is 25.3. The lowest BCUT2D eigenvalue weighted by Gasteiger charge is -2.17.